The number of ether oxygens (including phenoxy) is 2. The van der Waals surface area contributed by atoms with Crippen LogP contribution in [-0.4, -0.2) is 37.4 Å². The van der Waals surface area contributed by atoms with Gasteiger partial charge in [-0.25, -0.2) is 4.39 Å². The summed E-state index contributed by atoms with van der Waals surface area (Å²) < 4.78 is 25.1. The quantitative estimate of drug-likeness (QED) is 0.927. The molecule has 1 aromatic carbocycles. The zero-order chi connectivity index (χ0) is 15.5. The van der Waals surface area contributed by atoms with Gasteiger partial charge in [-0.2, -0.15) is 0 Å². The molecule has 4 nitrogen and oxygen atoms in total. The van der Waals surface area contributed by atoms with E-state index in [0.717, 1.165) is 19.3 Å². The minimum absolute atomic E-state index is 0.0426. The van der Waals surface area contributed by atoms with Gasteiger partial charge in [0.2, 0.25) is 5.91 Å². The van der Waals surface area contributed by atoms with Gasteiger partial charge in [-0.05, 0) is 31.4 Å². The van der Waals surface area contributed by atoms with Gasteiger partial charge in [0.05, 0.1) is 31.8 Å². The summed E-state index contributed by atoms with van der Waals surface area (Å²) in [6.45, 7) is 1.25. The number of benzene rings is 1. The second-order valence-corrected chi connectivity index (χ2v) is 6.18. The van der Waals surface area contributed by atoms with E-state index < -0.39 is 5.82 Å². The van der Waals surface area contributed by atoms with Crippen LogP contribution in [0.5, 0.6) is 0 Å². The van der Waals surface area contributed by atoms with Crippen LogP contribution in [0.15, 0.2) is 18.2 Å². The third-order valence-corrected chi connectivity index (χ3v) is 4.60. The average molecular weight is 328 g/mol. The third-order valence-electron chi connectivity index (χ3n) is 4.24. The van der Waals surface area contributed by atoms with E-state index in [1.165, 1.54) is 12.1 Å². The van der Waals surface area contributed by atoms with Crippen molar-refractivity contribution in [3.63, 3.8) is 0 Å². The third kappa shape index (κ3) is 3.59. The first-order chi connectivity index (χ1) is 10.6. The van der Waals surface area contributed by atoms with Gasteiger partial charge in [-0.1, -0.05) is 17.7 Å². The normalized spacial score (nSPS) is 28.0. The van der Waals surface area contributed by atoms with Crippen LogP contribution >= 0.6 is 11.6 Å². The number of fused-ring (bicyclic) bond motifs is 1. The molecule has 3 unspecified atom stereocenters. The van der Waals surface area contributed by atoms with Crippen molar-refractivity contribution in [1.82, 2.24) is 5.32 Å². The van der Waals surface area contributed by atoms with E-state index in [9.17, 15) is 9.18 Å². The number of rotatable bonds is 3. The zero-order valence-corrected chi connectivity index (χ0v) is 12.9. The Morgan fingerprint density at radius 3 is 2.82 bits per heavy atom. The molecular weight excluding hydrogens is 309 g/mol. The molecule has 1 heterocycles. The van der Waals surface area contributed by atoms with E-state index in [-0.39, 0.29) is 41.2 Å². The predicted molar refractivity (Wildman–Crippen MR) is 80.4 cm³/mol. The molecule has 120 valence electrons. The van der Waals surface area contributed by atoms with Crippen LogP contribution < -0.4 is 5.32 Å². The summed E-state index contributed by atoms with van der Waals surface area (Å²) in [7, 11) is 0. The van der Waals surface area contributed by atoms with E-state index in [1.807, 2.05) is 0 Å². The number of hydrogen-bond donors (Lipinski definition) is 1. The number of hydrogen-bond acceptors (Lipinski definition) is 3. The van der Waals surface area contributed by atoms with Crippen LogP contribution in [0.1, 0.15) is 24.8 Å². The molecule has 1 aliphatic carbocycles. The summed E-state index contributed by atoms with van der Waals surface area (Å²) in [5, 5.41) is 3.24. The average Bonchev–Trinajstić information content (AvgIpc) is 2.51. The lowest BCUT2D eigenvalue weighted by molar-refractivity contribution is -0.158. The van der Waals surface area contributed by atoms with Crippen molar-refractivity contribution in [2.75, 3.05) is 13.2 Å². The van der Waals surface area contributed by atoms with Gasteiger partial charge in [-0.15, -0.1) is 0 Å². The number of amides is 1. The molecule has 22 heavy (non-hydrogen) atoms. The molecule has 0 radical (unpaired) electrons. The second kappa shape index (κ2) is 6.94. The van der Waals surface area contributed by atoms with E-state index in [4.69, 9.17) is 21.1 Å². The molecule has 0 spiro atoms. The summed E-state index contributed by atoms with van der Waals surface area (Å²) in [5.41, 5.74) is 0.243. The smallest absolute Gasteiger partial charge is 0.224 e. The van der Waals surface area contributed by atoms with Gasteiger partial charge in [0.1, 0.15) is 5.82 Å². The Labute approximate surface area is 133 Å². The Kier molecular flexibility index (Phi) is 4.96. The molecule has 3 rings (SSSR count). The Bertz CT molecular complexity index is 534. The maximum Gasteiger partial charge on any atom is 0.224 e. The Morgan fingerprint density at radius 1 is 1.27 bits per heavy atom. The molecule has 0 aromatic heterocycles. The highest BCUT2D eigenvalue weighted by Crippen LogP contribution is 2.27. The topological polar surface area (TPSA) is 47.6 Å². The first kappa shape index (κ1) is 15.7. The minimum atomic E-state index is -0.449. The highest BCUT2D eigenvalue weighted by atomic mass is 35.5. The van der Waals surface area contributed by atoms with Crippen LogP contribution in [0.2, 0.25) is 5.02 Å². The molecule has 2 aliphatic rings. The predicted octanol–water partition coefficient (Wildman–Crippen LogP) is 2.47. The number of carbonyl (C=O) groups is 1. The highest BCUT2D eigenvalue weighted by Gasteiger charge is 2.34. The molecule has 3 atom stereocenters. The summed E-state index contributed by atoms with van der Waals surface area (Å²) >= 11 is 5.95. The molecule has 1 aromatic rings. The fourth-order valence-electron chi connectivity index (χ4n) is 3.14. The van der Waals surface area contributed by atoms with Gasteiger partial charge in [-0.3, -0.25) is 4.79 Å². The van der Waals surface area contributed by atoms with Gasteiger partial charge in [0, 0.05) is 16.6 Å². The number of carbonyl (C=O) groups excluding carboxylic acids is 1. The van der Waals surface area contributed by atoms with Crippen LogP contribution in [-0.2, 0) is 20.7 Å². The fourth-order valence-corrected chi connectivity index (χ4v) is 3.37. The van der Waals surface area contributed by atoms with E-state index >= 15 is 0 Å². The first-order valence-corrected chi connectivity index (χ1v) is 7.96. The zero-order valence-electron chi connectivity index (χ0n) is 12.2. The van der Waals surface area contributed by atoms with Gasteiger partial charge in [0.25, 0.3) is 0 Å². The Hall–Kier alpha value is -1.17. The van der Waals surface area contributed by atoms with Crippen LogP contribution in [0.4, 0.5) is 4.39 Å². The minimum Gasteiger partial charge on any atom is -0.373 e. The van der Waals surface area contributed by atoms with Crippen molar-refractivity contribution in [2.45, 2.75) is 43.9 Å². The van der Waals surface area contributed by atoms with E-state index in [1.54, 1.807) is 6.07 Å². The van der Waals surface area contributed by atoms with Crippen molar-refractivity contribution in [3.05, 3.63) is 34.6 Å². The molecule has 2 fully saturated rings. The summed E-state index contributed by atoms with van der Waals surface area (Å²) in [6, 6.07) is 4.47. The molecule has 0 bridgehead atoms. The molecule has 1 aliphatic heterocycles. The molecular formula is C16H19ClFNO3. The Morgan fingerprint density at radius 2 is 2.05 bits per heavy atom. The number of nitrogens with one attached hydrogen (secondary N) is 1. The van der Waals surface area contributed by atoms with Gasteiger partial charge in [0.15, 0.2) is 0 Å². The van der Waals surface area contributed by atoms with E-state index in [2.05, 4.69) is 5.32 Å². The first-order valence-electron chi connectivity index (χ1n) is 7.59. The maximum atomic E-state index is 13.7. The lowest BCUT2D eigenvalue weighted by Crippen LogP contribution is -2.49. The van der Waals surface area contributed by atoms with Gasteiger partial charge < -0.3 is 14.8 Å². The molecule has 1 saturated carbocycles. The molecule has 1 saturated heterocycles. The van der Waals surface area contributed by atoms with Gasteiger partial charge >= 0.3 is 0 Å². The Balaban J connectivity index is 1.56. The number of halogens is 2. The van der Waals surface area contributed by atoms with Crippen molar-refractivity contribution in [3.8, 4) is 0 Å². The van der Waals surface area contributed by atoms with Crippen molar-refractivity contribution >= 4 is 17.5 Å². The van der Waals surface area contributed by atoms with Crippen LogP contribution in [0.25, 0.3) is 0 Å². The van der Waals surface area contributed by atoms with E-state index in [0.29, 0.717) is 13.2 Å². The standard InChI is InChI=1S/C16H19ClFNO3/c17-12-2-1-3-13(18)11(12)9-16(20)19-10-4-5-14-15(8-10)22-7-6-21-14/h1-3,10,14-15H,4-9H2,(H,19,20). The fraction of sp³-hybridized carbons (Fsp3) is 0.562. The summed E-state index contributed by atoms with van der Waals surface area (Å²) in [4.78, 5) is 12.1. The lowest BCUT2D eigenvalue weighted by Gasteiger charge is -2.39. The lowest BCUT2D eigenvalue weighted by atomic mass is 9.89. The monoisotopic (exact) mass is 327 g/mol. The van der Waals surface area contributed by atoms with Crippen molar-refractivity contribution in [2.24, 2.45) is 0 Å². The van der Waals surface area contributed by atoms with Crippen LogP contribution in [0, 0.1) is 5.82 Å². The molecule has 1 amide bonds. The van der Waals surface area contributed by atoms with Crippen molar-refractivity contribution < 1.29 is 18.7 Å². The second-order valence-electron chi connectivity index (χ2n) is 5.77. The van der Waals surface area contributed by atoms with Crippen molar-refractivity contribution in [1.29, 1.82) is 0 Å². The maximum absolute atomic E-state index is 13.7. The summed E-state index contributed by atoms with van der Waals surface area (Å²) in [5.74, 6) is -0.664. The highest BCUT2D eigenvalue weighted by molar-refractivity contribution is 6.31. The summed E-state index contributed by atoms with van der Waals surface area (Å²) in [6.07, 6.45) is 2.60. The molecule has 1 N–H and O–H groups in total. The largest absolute Gasteiger partial charge is 0.373 e. The van der Waals surface area contributed by atoms with Crippen LogP contribution in [0.3, 0.4) is 0 Å². The molecule has 6 heteroatoms. The SMILES string of the molecule is O=C(Cc1c(F)cccc1Cl)NC1CCC2OCCOC2C1.